The summed E-state index contributed by atoms with van der Waals surface area (Å²) in [5.41, 5.74) is 2.82. The maximum absolute atomic E-state index is 12.2. The van der Waals surface area contributed by atoms with Crippen LogP contribution in [0.2, 0.25) is 0 Å². The van der Waals surface area contributed by atoms with E-state index in [2.05, 4.69) is 5.32 Å². The van der Waals surface area contributed by atoms with Crippen LogP contribution in [-0.2, 0) is 22.5 Å². The third kappa shape index (κ3) is 4.49. The van der Waals surface area contributed by atoms with E-state index in [4.69, 9.17) is 14.2 Å². The van der Waals surface area contributed by atoms with Crippen molar-refractivity contribution in [3.63, 3.8) is 0 Å². The molecule has 27 heavy (non-hydrogen) atoms. The molecule has 0 unspecified atom stereocenters. The zero-order valence-electron chi connectivity index (χ0n) is 15.4. The lowest BCUT2D eigenvalue weighted by atomic mass is 9.99. The predicted molar refractivity (Wildman–Crippen MR) is 100 cm³/mol. The molecule has 0 aliphatic carbocycles. The SMILES string of the molecule is COC(=O)N1CCc2ccc(NC(=O)COc3ccccc3OC)cc2C1. The van der Waals surface area contributed by atoms with Gasteiger partial charge in [-0.3, -0.25) is 4.79 Å². The number of fused-ring (bicyclic) bond motifs is 1. The summed E-state index contributed by atoms with van der Waals surface area (Å²) in [5.74, 6) is 0.804. The second-order valence-corrected chi connectivity index (χ2v) is 6.11. The molecular formula is C20H22N2O5. The summed E-state index contributed by atoms with van der Waals surface area (Å²) in [6.07, 6.45) is 0.413. The summed E-state index contributed by atoms with van der Waals surface area (Å²) in [5, 5.41) is 2.82. The van der Waals surface area contributed by atoms with E-state index >= 15 is 0 Å². The highest BCUT2D eigenvalue weighted by Gasteiger charge is 2.21. The van der Waals surface area contributed by atoms with Crippen molar-refractivity contribution in [3.8, 4) is 11.5 Å². The number of nitrogens with one attached hydrogen (secondary N) is 1. The van der Waals surface area contributed by atoms with Crippen LogP contribution in [0.4, 0.5) is 10.5 Å². The molecule has 0 saturated carbocycles. The Hall–Kier alpha value is -3.22. The Balaban J connectivity index is 1.61. The van der Waals surface area contributed by atoms with Crippen molar-refractivity contribution in [1.82, 2.24) is 4.90 Å². The molecule has 0 fully saturated rings. The fraction of sp³-hybridized carbons (Fsp3) is 0.300. The molecule has 1 aliphatic heterocycles. The second kappa shape index (κ2) is 8.44. The van der Waals surface area contributed by atoms with Crippen molar-refractivity contribution in [1.29, 1.82) is 0 Å². The minimum Gasteiger partial charge on any atom is -0.493 e. The van der Waals surface area contributed by atoms with E-state index in [1.54, 1.807) is 24.1 Å². The maximum atomic E-state index is 12.2. The highest BCUT2D eigenvalue weighted by atomic mass is 16.5. The average molecular weight is 370 g/mol. The summed E-state index contributed by atoms with van der Waals surface area (Å²) in [7, 11) is 2.92. The van der Waals surface area contributed by atoms with Gasteiger partial charge in [0, 0.05) is 18.8 Å². The van der Waals surface area contributed by atoms with Crippen LogP contribution in [0.15, 0.2) is 42.5 Å². The van der Waals surface area contributed by atoms with Gasteiger partial charge in [-0.05, 0) is 41.8 Å². The average Bonchev–Trinajstić information content (AvgIpc) is 2.71. The number of rotatable bonds is 5. The lowest BCUT2D eigenvalue weighted by Gasteiger charge is -2.28. The fourth-order valence-electron chi connectivity index (χ4n) is 3.00. The Labute approximate surface area is 157 Å². The van der Waals surface area contributed by atoms with Gasteiger partial charge < -0.3 is 24.4 Å². The zero-order valence-corrected chi connectivity index (χ0v) is 15.4. The Morgan fingerprint density at radius 1 is 1.07 bits per heavy atom. The Kier molecular flexibility index (Phi) is 5.80. The maximum Gasteiger partial charge on any atom is 0.409 e. The molecule has 1 N–H and O–H groups in total. The van der Waals surface area contributed by atoms with Crippen LogP contribution in [0.5, 0.6) is 11.5 Å². The van der Waals surface area contributed by atoms with Crippen LogP contribution < -0.4 is 14.8 Å². The second-order valence-electron chi connectivity index (χ2n) is 6.11. The fourth-order valence-corrected chi connectivity index (χ4v) is 3.00. The lowest BCUT2D eigenvalue weighted by molar-refractivity contribution is -0.118. The smallest absolute Gasteiger partial charge is 0.409 e. The Morgan fingerprint density at radius 2 is 1.85 bits per heavy atom. The van der Waals surface area contributed by atoms with Crippen LogP contribution in [0.3, 0.4) is 0 Å². The van der Waals surface area contributed by atoms with Gasteiger partial charge in [-0.1, -0.05) is 18.2 Å². The monoisotopic (exact) mass is 370 g/mol. The number of carbonyl (C=O) groups is 2. The standard InChI is InChI=1S/C20H22N2O5/c1-25-17-5-3-4-6-18(17)27-13-19(23)21-16-8-7-14-9-10-22(20(24)26-2)12-15(14)11-16/h3-8,11H,9-10,12-13H2,1-2H3,(H,21,23). The first-order valence-electron chi connectivity index (χ1n) is 8.61. The van der Waals surface area contributed by atoms with Crippen molar-refractivity contribution >= 4 is 17.7 Å². The molecule has 7 heteroatoms. The molecule has 0 aromatic heterocycles. The molecular weight excluding hydrogens is 348 g/mol. The zero-order chi connectivity index (χ0) is 19.2. The number of benzene rings is 2. The van der Waals surface area contributed by atoms with Gasteiger partial charge in [-0.25, -0.2) is 4.79 Å². The molecule has 3 rings (SSSR count). The van der Waals surface area contributed by atoms with E-state index in [0.717, 1.165) is 12.0 Å². The van der Waals surface area contributed by atoms with E-state index < -0.39 is 0 Å². The van der Waals surface area contributed by atoms with Crippen LogP contribution in [-0.4, -0.2) is 44.3 Å². The number of anilines is 1. The van der Waals surface area contributed by atoms with Crippen molar-refractivity contribution in [2.45, 2.75) is 13.0 Å². The molecule has 1 heterocycles. The molecule has 0 spiro atoms. The Bertz CT molecular complexity index is 837. The van der Waals surface area contributed by atoms with E-state index in [9.17, 15) is 9.59 Å². The number of carbonyl (C=O) groups excluding carboxylic acids is 2. The predicted octanol–water partition coefficient (Wildman–Crippen LogP) is 2.84. The number of hydrogen-bond donors (Lipinski definition) is 1. The summed E-state index contributed by atoms with van der Waals surface area (Å²) in [6.45, 7) is 0.952. The number of nitrogens with zero attached hydrogens (tertiary/aromatic N) is 1. The van der Waals surface area contributed by atoms with Gasteiger partial charge in [0.05, 0.1) is 14.2 Å². The van der Waals surface area contributed by atoms with Crippen molar-refractivity contribution < 1.29 is 23.8 Å². The first-order valence-corrected chi connectivity index (χ1v) is 8.61. The molecule has 0 radical (unpaired) electrons. The molecule has 142 valence electrons. The molecule has 0 atom stereocenters. The van der Waals surface area contributed by atoms with Gasteiger partial charge >= 0.3 is 6.09 Å². The number of amides is 2. The minimum atomic E-state index is -0.347. The van der Waals surface area contributed by atoms with Gasteiger partial charge in [0.1, 0.15) is 0 Å². The largest absolute Gasteiger partial charge is 0.493 e. The number of methoxy groups -OCH3 is 2. The quantitative estimate of drug-likeness (QED) is 0.876. The number of hydrogen-bond acceptors (Lipinski definition) is 5. The molecule has 2 aromatic rings. The molecule has 7 nitrogen and oxygen atoms in total. The highest BCUT2D eigenvalue weighted by Crippen LogP contribution is 2.26. The normalized spacial score (nSPS) is 12.7. The van der Waals surface area contributed by atoms with Crippen molar-refractivity contribution in [2.24, 2.45) is 0 Å². The molecule has 2 amide bonds. The van der Waals surface area contributed by atoms with Crippen LogP contribution in [0.1, 0.15) is 11.1 Å². The molecule has 0 saturated heterocycles. The van der Waals surface area contributed by atoms with Gasteiger partial charge in [0.15, 0.2) is 18.1 Å². The lowest BCUT2D eigenvalue weighted by Crippen LogP contribution is -2.35. The molecule has 1 aliphatic rings. The third-order valence-corrected chi connectivity index (χ3v) is 4.36. The van der Waals surface area contributed by atoms with Crippen molar-refractivity contribution in [3.05, 3.63) is 53.6 Å². The first kappa shape index (κ1) is 18.6. The highest BCUT2D eigenvalue weighted by molar-refractivity contribution is 5.92. The van der Waals surface area contributed by atoms with Gasteiger partial charge in [-0.15, -0.1) is 0 Å². The third-order valence-electron chi connectivity index (χ3n) is 4.36. The van der Waals surface area contributed by atoms with Crippen LogP contribution >= 0.6 is 0 Å². The Morgan fingerprint density at radius 3 is 2.59 bits per heavy atom. The summed E-state index contributed by atoms with van der Waals surface area (Å²) in [4.78, 5) is 25.6. The van der Waals surface area contributed by atoms with E-state index in [0.29, 0.717) is 30.3 Å². The summed E-state index contributed by atoms with van der Waals surface area (Å²) < 4.78 is 15.5. The van der Waals surface area contributed by atoms with E-state index in [-0.39, 0.29) is 18.6 Å². The summed E-state index contributed by atoms with van der Waals surface area (Å²) >= 11 is 0. The number of para-hydroxylation sites is 2. The topological polar surface area (TPSA) is 77.1 Å². The van der Waals surface area contributed by atoms with Crippen LogP contribution in [0, 0.1) is 0 Å². The van der Waals surface area contributed by atoms with Gasteiger partial charge in [0.25, 0.3) is 5.91 Å². The van der Waals surface area contributed by atoms with E-state index in [1.165, 1.54) is 12.7 Å². The number of ether oxygens (including phenoxy) is 3. The minimum absolute atomic E-state index is 0.133. The molecule has 2 aromatic carbocycles. The van der Waals surface area contributed by atoms with Gasteiger partial charge in [0.2, 0.25) is 0 Å². The van der Waals surface area contributed by atoms with E-state index in [1.807, 2.05) is 30.3 Å². The van der Waals surface area contributed by atoms with Crippen molar-refractivity contribution in [2.75, 3.05) is 32.7 Å². The van der Waals surface area contributed by atoms with Crippen LogP contribution in [0.25, 0.3) is 0 Å². The molecule has 0 bridgehead atoms. The van der Waals surface area contributed by atoms with Gasteiger partial charge in [-0.2, -0.15) is 0 Å². The first-order chi connectivity index (χ1) is 13.1. The summed E-state index contributed by atoms with van der Waals surface area (Å²) in [6, 6.07) is 12.9.